The van der Waals surface area contributed by atoms with Crippen LogP contribution in [0.2, 0.25) is 0 Å². The average molecular weight is 443 g/mol. The van der Waals surface area contributed by atoms with E-state index in [0.717, 1.165) is 30.6 Å². The molecule has 2 aromatic carbocycles. The Balaban J connectivity index is 2.25. The van der Waals surface area contributed by atoms with Crippen LogP contribution in [-0.2, 0) is 15.9 Å². The SMILES string of the molecule is CCCCNc1ccc(CCC(OCC)OCC)cc1C(=O)Nc1ccccc1C(=O)O. The number of amides is 1. The van der Waals surface area contributed by atoms with Gasteiger partial charge in [0.25, 0.3) is 5.91 Å². The van der Waals surface area contributed by atoms with Gasteiger partial charge in [-0.15, -0.1) is 0 Å². The predicted octanol–water partition coefficient (Wildman–Crippen LogP) is 5.18. The number of carbonyl (C=O) groups excluding carboxylic acids is 1. The molecule has 1 amide bonds. The molecule has 174 valence electrons. The van der Waals surface area contributed by atoms with Crippen molar-refractivity contribution in [2.75, 3.05) is 30.4 Å². The van der Waals surface area contributed by atoms with Crippen LogP contribution in [0.3, 0.4) is 0 Å². The molecule has 0 spiro atoms. The Morgan fingerprint density at radius 2 is 1.69 bits per heavy atom. The van der Waals surface area contributed by atoms with Crippen LogP contribution < -0.4 is 10.6 Å². The number of hydrogen-bond acceptors (Lipinski definition) is 5. The monoisotopic (exact) mass is 442 g/mol. The fraction of sp³-hybridized carbons (Fsp3) is 0.440. The molecule has 32 heavy (non-hydrogen) atoms. The minimum Gasteiger partial charge on any atom is -0.478 e. The van der Waals surface area contributed by atoms with E-state index < -0.39 is 5.97 Å². The minimum atomic E-state index is -1.09. The number of benzene rings is 2. The summed E-state index contributed by atoms with van der Waals surface area (Å²) in [7, 11) is 0. The standard InChI is InChI=1S/C25H34N2O5/c1-4-7-16-26-21-14-12-18(13-15-23(31-5-2)32-6-3)17-20(21)24(28)27-22-11-9-8-10-19(22)25(29)30/h8-12,14,17,23,26H,4-7,13,15-16H2,1-3H3,(H,27,28)(H,29,30). The highest BCUT2D eigenvalue weighted by atomic mass is 16.7. The van der Waals surface area contributed by atoms with Crippen LogP contribution in [0.5, 0.6) is 0 Å². The largest absolute Gasteiger partial charge is 0.478 e. The molecule has 0 saturated heterocycles. The van der Waals surface area contributed by atoms with Crippen molar-refractivity contribution in [3.8, 4) is 0 Å². The van der Waals surface area contributed by atoms with E-state index >= 15 is 0 Å². The Morgan fingerprint density at radius 1 is 0.969 bits per heavy atom. The number of carbonyl (C=O) groups is 2. The third-order valence-corrected chi connectivity index (χ3v) is 4.95. The van der Waals surface area contributed by atoms with E-state index in [4.69, 9.17) is 9.47 Å². The zero-order chi connectivity index (χ0) is 23.3. The molecular weight excluding hydrogens is 408 g/mol. The number of aromatic carboxylic acids is 1. The third-order valence-electron chi connectivity index (χ3n) is 4.95. The molecule has 0 atom stereocenters. The molecule has 0 aliphatic heterocycles. The number of carboxylic acids is 1. The van der Waals surface area contributed by atoms with Gasteiger partial charge in [-0.1, -0.05) is 31.5 Å². The third kappa shape index (κ3) is 7.66. The number of rotatable bonds is 14. The van der Waals surface area contributed by atoms with E-state index in [9.17, 15) is 14.7 Å². The molecule has 3 N–H and O–H groups in total. The lowest BCUT2D eigenvalue weighted by Crippen LogP contribution is -2.19. The van der Waals surface area contributed by atoms with Crippen LogP contribution in [0.25, 0.3) is 0 Å². The van der Waals surface area contributed by atoms with Crippen molar-refractivity contribution in [1.29, 1.82) is 0 Å². The summed E-state index contributed by atoms with van der Waals surface area (Å²) in [6, 6.07) is 12.1. The zero-order valence-corrected chi connectivity index (χ0v) is 19.1. The molecule has 0 aliphatic carbocycles. The van der Waals surface area contributed by atoms with Gasteiger partial charge in [-0.3, -0.25) is 4.79 Å². The van der Waals surface area contributed by atoms with Gasteiger partial charge < -0.3 is 25.2 Å². The van der Waals surface area contributed by atoms with Gasteiger partial charge in [0.15, 0.2) is 6.29 Å². The number of anilines is 2. The number of aryl methyl sites for hydroxylation is 1. The van der Waals surface area contributed by atoms with Crippen molar-refractivity contribution in [3.63, 3.8) is 0 Å². The Kier molecular flexibility index (Phi) is 10.7. The van der Waals surface area contributed by atoms with E-state index in [1.807, 2.05) is 32.0 Å². The summed E-state index contributed by atoms with van der Waals surface area (Å²) in [5.41, 5.74) is 2.49. The van der Waals surface area contributed by atoms with Gasteiger partial charge in [0.05, 0.1) is 16.8 Å². The minimum absolute atomic E-state index is 0.0498. The lowest BCUT2D eigenvalue weighted by molar-refractivity contribution is -0.139. The molecule has 0 fully saturated rings. The summed E-state index contributed by atoms with van der Waals surface area (Å²) in [4.78, 5) is 24.6. The zero-order valence-electron chi connectivity index (χ0n) is 19.1. The Bertz CT molecular complexity index is 878. The molecule has 7 nitrogen and oxygen atoms in total. The van der Waals surface area contributed by atoms with Gasteiger partial charge >= 0.3 is 5.97 Å². The van der Waals surface area contributed by atoms with E-state index in [2.05, 4.69) is 17.6 Å². The predicted molar refractivity (Wildman–Crippen MR) is 127 cm³/mol. The summed E-state index contributed by atoms with van der Waals surface area (Å²) in [5.74, 6) is -1.44. The summed E-state index contributed by atoms with van der Waals surface area (Å²) >= 11 is 0. The molecule has 0 bridgehead atoms. The summed E-state index contributed by atoms with van der Waals surface area (Å²) in [6.07, 6.45) is 3.09. The normalized spacial score (nSPS) is 10.9. The first kappa shape index (κ1) is 25.4. The average Bonchev–Trinajstić information content (AvgIpc) is 2.78. The van der Waals surface area contributed by atoms with Crippen molar-refractivity contribution in [2.45, 2.75) is 52.7 Å². The molecule has 0 saturated carbocycles. The number of ether oxygens (including phenoxy) is 2. The summed E-state index contributed by atoms with van der Waals surface area (Å²) in [6.45, 7) is 7.86. The molecule has 2 rings (SSSR count). The molecule has 0 unspecified atom stereocenters. The highest BCUT2D eigenvalue weighted by Crippen LogP contribution is 2.23. The van der Waals surface area contributed by atoms with Crippen LogP contribution in [0.1, 0.15) is 66.3 Å². The maximum Gasteiger partial charge on any atom is 0.337 e. The van der Waals surface area contributed by atoms with Crippen molar-refractivity contribution in [2.24, 2.45) is 0 Å². The number of carboxylic acid groups (broad SMARTS) is 1. The topological polar surface area (TPSA) is 96.9 Å². The smallest absolute Gasteiger partial charge is 0.337 e. The van der Waals surface area contributed by atoms with Gasteiger partial charge in [-0.2, -0.15) is 0 Å². The molecule has 0 aromatic heterocycles. The first-order chi connectivity index (χ1) is 15.5. The highest BCUT2D eigenvalue weighted by Gasteiger charge is 2.17. The maximum absolute atomic E-state index is 13.1. The van der Waals surface area contributed by atoms with Crippen molar-refractivity contribution in [3.05, 3.63) is 59.2 Å². The van der Waals surface area contributed by atoms with Gasteiger partial charge in [-0.25, -0.2) is 4.79 Å². The van der Waals surface area contributed by atoms with Gasteiger partial charge in [-0.05, 0) is 56.5 Å². The van der Waals surface area contributed by atoms with E-state index in [0.29, 0.717) is 31.6 Å². The van der Waals surface area contributed by atoms with Crippen molar-refractivity contribution < 1.29 is 24.2 Å². The molecule has 0 aliphatic rings. The quantitative estimate of drug-likeness (QED) is 0.275. The Morgan fingerprint density at radius 3 is 2.34 bits per heavy atom. The number of nitrogens with one attached hydrogen (secondary N) is 2. The van der Waals surface area contributed by atoms with Crippen LogP contribution in [0.4, 0.5) is 11.4 Å². The molecule has 0 heterocycles. The number of hydrogen-bond donors (Lipinski definition) is 3. The highest BCUT2D eigenvalue weighted by molar-refractivity contribution is 6.10. The lowest BCUT2D eigenvalue weighted by atomic mass is 10.0. The van der Waals surface area contributed by atoms with Crippen molar-refractivity contribution in [1.82, 2.24) is 0 Å². The van der Waals surface area contributed by atoms with Crippen LogP contribution >= 0.6 is 0 Å². The van der Waals surface area contributed by atoms with E-state index in [1.165, 1.54) is 6.07 Å². The lowest BCUT2D eigenvalue weighted by Gasteiger charge is -2.18. The Hall–Kier alpha value is -2.90. The van der Waals surface area contributed by atoms with Gasteiger partial charge in [0.1, 0.15) is 0 Å². The van der Waals surface area contributed by atoms with Crippen LogP contribution in [0, 0.1) is 0 Å². The summed E-state index contributed by atoms with van der Waals surface area (Å²) in [5, 5.41) is 15.5. The van der Waals surface area contributed by atoms with E-state index in [-0.39, 0.29) is 23.4 Å². The second-order valence-corrected chi connectivity index (χ2v) is 7.34. The molecule has 2 aromatic rings. The summed E-state index contributed by atoms with van der Waals surface area (Å²) < 4.78 is 11.2. The fourth-order valence-corrected chi connectivity index (χ4v) is 3.33. The van der Waals surface area contributed by atoms with Crippen molar-refractivity contribution >= 4 is 23.3 Å². The number of unbranched alkanes of at least 4 members (excludes halogenated alkanes) is 1. The van der Waals surface area contributed by atoms with Crippen LogP contribution in [-0.4, -0.2) is 43.0 Å². The molecule has 0 radical (unpaired) electrons. The molecule has 7 heteroatoms. The fourth-order valence-electron chi connectivity index (χ4n) is 3.33. The maximum atomic E-state index is 13.1. The second-order valence-electron chi connectivity index (χ2n) is 7.34. The second kappa shape index (κ2) is 13.5. The number of para-hydroxylation sites is 1. The van der Waals surface area contributed by atoms with Gasteiger partial charge in [0, 0.05) is 31.9 Å². The Labute approximate surface area is 190 Å². The first-order valence-corrected chi connectivity index (χ1v) is 11.2. The van der Waals surface area contributed by atoms with E-state index in [1.54, 1.807) is 18.2 Å². The molecular formula is C25H34N2O5. The van der Waals surface area contributed by atoms with Crippen LogP contribution in [0.15, 0.2) is 42.5 Å². The van der Waals surface area contributed by atoms with Gasteiger partial charge in [0.2, 0.25) is 0 Å². The first-order valence-electron chi connectivity index (χ1n) is 11.2.